The minimum absolute atomic E-state index is 0.142. The van der Waals surface area contributed by atoms with Crippen LogP contribution in [0.5, 0.6) is 0 Å². The van der Waals surface area contributed by atoms with Crippen molar-refractivity contribution in [2.75, 3.05) is 0 Å². The molecule has 0 spiro atoms. The van der Waals surface area contributed by atoms with E-state index in [2.05, 4.69) is 12.2 Å². The molecule has 5 nitrogen and oxygen atoms in total. The lowest BCUT2D eigenvalue weighted by atomic mass is 10.00. The molecule has 0 radical (unpaired) electrons. The number of carbonyl (C=O) groups excluding carboxylic acids is 2. The predicted molar refractivity (Wildman–Crippen MR) is 68.2 cm³/mol. The van der Waals surface area contributed by atoms with E-state index in [4.69, 9.17) is 5.11 Å². The van der Waals surface area contributed by atoms with E-state index in [-0.39, 0.29) is 24.7 Å². The monoisotopic (exact) mass is 257 g/mol. The first-order valence-electron chi connectivity index (χ1n) is 6.47. The molecule has 0 rings (SSSR count). The maximum absolute atomic E-state index is 11.6. The fourth-order valence-electron chi connectivity index (χ4n) is 1.72. The molecule has 0 aromatic rings. The summed E-state index contributed by atoms with van der Waals surface area (Å²) in [6, 6.07) is -0.957. The Bertz CT molecular complexity index is 278. The Kier molecular flexibility index (Phi) is 8.88. The summed E-state index contributed by atoms with van der Waals surface area (Å²) in [5.41, 5.74) is 0. The highest BCUT2D eigenvalue weighted by Gasteiger charge is 2.20. The van der Waals surface area contributed by atoms with Gasteiger partial charge in [-0.2, -0.15) is 0 Å². The normalized spacial score (nSPS) is 13.7. The van der Waals surface area contributed by atoms with Gasteiger partial charge in [-0.1, -0.05) is 33.1 Å². The van der Waals surface area contributed by atoms with Crippen LogP contribution in [0.15, 0.2) is 0 Å². The maximum Gasteiger partial charge on any atom is 0.326 e. The summed E-state index contributed by atoms with van der Waals surface area (Å²) in [5.74, 6) is -1.09. The third-order valence-electron chi connectivity index (χ3n) is 2.79. The number of unbranched alkanes of at least 4 members (excludes halogenated alkanes) is 1. The Labute approximate surface area is 108 Å². The van der Waals surface area contributed by atoms with Crippen molar-refractivity contribution in [3.63, 3.8) is 0 Å². The van der Waals surface area contributed by atoms with E-state index in [1.165, 1.54) is 0 Å². The van der Waals surface area contributed by atoms with Crippen LogP contribution in [0.3, 0.4) is 0 Å². The third-order valence-corrected chi connectivity index (χ3v) is 2.79. The van der Waals surface area contributed by atoms with Crippen LogP contribution in [0.2, 0.25) is 0 Å². The van der Waals surface area contributed by atoms with Gasteiger partial charge in [-0.15, -0.1) is 0 Å². The largest absolute Gasteiger partial charge is 0.480 e. The summed E-state index contributed by atoms with van der Waals surface area (Å²) < 4.78 is 0. The van der Waals surface area contributed by atoms with Gasteiger partial charge < -0.3 is 15.2 Å². The molecule has 0 saturated carbocycles. The molecule has 0 fully saturated rings. The van der Waals surface area contributed by atoms with Gasteiger partial charge in [-0.25, -0.2) is 4.79 Å². The molecule has 0 aromatic carbocycles. The first-order valence-corrected chi connectivity index (χ1v) is 6.47. The Morgan fingerprint density at radius 3 is 2.50 bits per heavy atom. The van der Waals surface area contributed by atoms with Gasteiger partial charge in [0.05, 0.1) is 0 Å². The minimum Gasteiger partial charge on any atom is -0.480 e. The van der Waals surface area contributed by atoms with Gasteiger partial charge in [0.15, 0.2) is 0 Å². The van der Waals surface area contributed by atoms with Crippen molar-refractivity contribution >= 4 is 18.2 Å². The third kappa shape index (κ3) is 7.81. The van der Waals surface area contributed by atoms with Crippen LogP contribution in [0, 0.1) is 5.92 Å². The lowest BCUT2D eigenvalue weighted by molar-refractivity contribution is -0.142. The molecule has 0 saturated heterocycles. The van der Waals surface area contributed by atoms with Gasteiger partial charge in [0, 0.05) is 12.8 Å². The fourth-order valence-corrected chi connectivity index (χ4v) is 1.72. The molecule has 0 aliphatic carbocycles. The van der Waals surface area contributed by atoms with Gasteiger partial charge in [-0.3, -0.25) is 4.79 Å². The van der Waals surface area contributed by atoms with Crippen LogP contribution >= 0.6 is 0 Å². The van der Waals surface area contributed by atoms with Crippen molar-refractivity contribution in [1.29, 1.82) is 0 Å². The van der Waals surface area contributed by atoms with E-state index in [0.29, 0.717) is 12.7 Å². The number of carboxylic acid groups (broad SMARTS) is 1. The van der Waals surface area contributed by atoms with Crippen molar-refractivity contribution in [1.82, 2.24) is 5.32 Å². The Morgan fingerprint density at radius 1 is 1.33 bits per heavy atom. The molecular formula is C13H23NO4. The van der Waals surface area contributed by atoms with Gasteiger partial charge in [0.2, 0.25) is 5.91 Å². The quantitative estimate of drug-likeness (QED) is 0.584. The summed E-state index contributed by atoms with van der Waals surface area (Å²) in [6.07, 6.45) is 4.41. The molecular weight excluding hydrogens is 234 g/mol. The maximum atomic E-state index is 11.6. The molecule has 5 heteroatoms. The highest BCUT2D eigenvalue weighted by molar-refractivity contribution is 5.83. The molecule has 18 heavy (non-hydrogen) atoms. The van der Waals surface area contributed by atoms with E-state index < -0.39 is 12.0 Å². The number of hydrogen-bond acceptors (Lipinski definition) is 3. The smallest absolute Gasteiger partial charge is 0.326 e. The van der Waals surface area contributed by atoms with E-state index in [1.54, 1.807) is 0 Å². The number of carbonyl (C=O) groups is 3. The zero-order valence-electron chi connectivity index (χ0n) is 11.1. The van der Waals surface area contributed by atoms with Crippen LogP contribution in [0.25, 0.3) is 0 Å². The molecule has 0 bridgehead atoms. The number of aliphatic carboxylic acids is 1. The first kappa shape index (κ1) is 16.6. The van der Waals surface area contributed by atoms with Gasteiger partial charge in [-0.05, 0) is 12.3 Å². The number of carboxylic acids is 1. The highest BCUT2D eigenvalue weighted by Crippen LogP contribution is 2.11. The van der Waals surface area contributed by atoms with Crippen molar-refractivity contribution in [3.8, 4) is 0 Å². The fraction of sp³-hybridized carbons (Fsp3) is 0.769. The summed E-state index contributed by atoms with van der Waals surface area (Å²) in [7, 11) is 0. The van der Waals surface area contributed by atoms with Crippen LogP contribution in [-0.2, 0) is 14.4 Å². The number of nitrogens with one attached hydrogen (secondary N) is 1. The minimum atomic E-state index is -1.09. The van der Waals surface area contributed by atoms with Crippen LogP contribution in [0.1, 0.15) is 52.4 Å². The lowest BCUT2D eigenvalue weighted by Gasteiger charge is -2.15. The molecule has 0 unspecified atom stereocenters. The average Bonchev–Trinajstić information content (AvgIpc) is 2.31. The first-order chi connectivity index (χ1) is 8.51. The second-order valence-electron chi connectivity index (χ2n) is 4.65. The van der Waals surface area contributed by atoms with E-state index in [0.717, 1.165) is 19.3 Å². The van der Waals surface area contributed by atoms with E-state index in [1.807, 2.05) is 6.92 Å². The van der Waals surface area contributed by atoms with Gasteiger partial charge in [0.25, 0.3) is 0 Å². The van der Waals surface area contributed by atoms with Gasteiger partial charge in [0.1, 0.15) is 12.3 Å². The second-order valence-corrected chi connectivity index (χ2v) is 4.65. The summed E-state index contributed by atoms with van der Waals surface area (Å²) in [5, 5.41) is 11.4. The zero-order valence-corrected chi connectivity index (χ0v) is 11.1. The molecule has 0 aliphatic heterocycles. The summed E-state index contributed by atoms with van der Waals surface area (Å²) in [6.45, 7) is 4.07. The Hall–Kier alpha value is -1.39. The molecule has 104 valence electrons. The molecule has 0 aromatic heterocycles. The molecule has 2 N–H and O–H groups in total. The average molecular weight is 257 g/mol. The number of amides is 1. The molecule has 0 aliphatic rings. The predicted octanol–water partition coefficient (Wildman–Crippen LogP) is 1.75. The van der Waals surface area contributed by atoms with Crippen molar-refractivity contribution in [2.24, 2.45) is 5.92 Å². The molecule has 1 amide bonds. The summed E-state index contributed by atoms with van der Waals surface area (Å²) >= 11 is 0. The standard InChI is InChI=1S/C13H23NO4/c1-3-4-6-10(2)9-12(16)14-11(13(17)18)7-5-8-15/h8,10-11H,3-7,9H2,1-2H3,(H,14,16)(H,17,18)/t10-,11-/m0/s1. The van der Waals surface area contributed by atoms with E-state index >= 15 is 0 Å². The van der Waals surface area contributed by atoms with Gasteiger partial charge >= 0.3 is 5.97 Å². The van der Waals surface area contributed by atoms with Crippen LogP contribution in [0.4, 0.5) is 0 Å². The number of aldehydes is 1. The molecule has 0 heterocycles. The SMILES string of the molecule is CCCC[C@H](C)CC(=O)N[C@@H](CCC=O)C(=O)O. The Morgan fingerprint density at radius 2 is 2.00 bits per heavy atom. The van der Waals surface area contributed by atoms with Crippen molar-refractivity contribution in [3.05, 3.63) is 0 Å². The summed E-state index contributed by atoms with van der Waals surface area (Å²) in [4.78, 5) is 32.7. The van der Waals surface area contributed by atoms with Crippen LogP contribution < -0.4 is 5.32 Å². The topological polar surface area (TPSA) is 83.5 Å². The Balaban J connectivity index is 4.08. The van der Waals surface area contributed by atoms with Crippen LogP contribution in [-0.4, -0.2) is 29.3 Å². The number of rotatable bonds is 10. The van der Waals surface area contributed by atoms with E-state index in [9.17, 15) is 14.4 Å². The molecule has 2 atom stereocenters. The highest BCUT2D eigenvalue weighted by atomic mass is 16.4. The van der Waals surface area contributed by atoms with Crippen molar-refractivity contribution in [2.45, 2.75) is 58.4 Å². The van der Waals surface area contributed by atoms with Crippen molar-refractivity contribution < 1.29 is 19.5 Å². The lowest BCUT2D eigenvalue weighted by Crippen LogP contribution is -2.41. The number of hydrogen-bond donors (Lipinski definition) is 2. The second kappa shape index (κ2) is 9.62. The zero-order chi connectivity index (χ0) is 14.0.